The molecule has 26 heavy (non-hydrogen) atoms. The summed E-state index contributed by atoms with van der Waals surface area (Å²) in [6, 6.07) is 8.39. The molecule has 0 aliphatic heterocycles. The predicted octanol–water partition coefficient (Wildman–Crippen LogP) is 2.64. The third-order valence-corrected chi connectivity index (χ3v) is 4.14. The topological polar surface area (TPSA) is 123 Å². The number of carbonyl (C=O) groups is 2. The maximum Gasteiger partial charge on any atom is 0.275 e. The highest BCUT2D eigenvalue weighted by Crippen LogP contribution is 2.21. The van der Waals surface area contributed by atoms with Gasteiger partial charge in [0.05, 0.1) is 11.3 Å². The molecule has 0 bridgehead atoms. The second kappa shape index (κ2) is 7.28. The second-order valence-corrected chi connectivity index (χ2v) is 6.36. The molecule has 8 nitrogen and oxygen atoms in total. The third kappa shape index (κ3) is 4.01. The molecule has 9 heteroatoms. The van der Waals surface area contributed by atoms with E-state index in [-0.39, 0.29) is 11.3 Å². The minimum absolute atomic E-state index is 0.209. The molecular formula is C17H16N6O2S. The van der Waals surface area contributed by atoms with Gasteiger partial charge in [0.2, 0.25) is 5.95 Å². The monoisotopic (exact) mass is 368 g/mol. The van der Waals surface area contributed by atoms with E-state index in [1.54, 1.807) is 29.6 Å². The highest BCUT2D eigenvalue weighted by Gasteiger charge is 2.15. The van der Waals surface area contributed by atoms with Crippen molar-refractivity contribution in [2.24, 2.45) is 5.73 Å². The Morgan fingerprint density at radius 1 is 1.08 bits per heavy atom. The van der Waals surface area contributed by atoms with Crippen LogP contribution in [0.25, 0.3) is 0 Å². The smallest absolute Gasteiger partial charge is 0.275 e. The van der Waals surface area contributed by atoms with Gasteiger partial charge in [-0.25, -0.2) is 15.0 Å². The Hall–Kier alpha value is -3.33. The molecule has 3 aromatic rings. The van der Waals surface area contributed by atoms with Crippen molar-refractivity contribution >= 4 is 39.9 Å². The van der Waals surface area contributed by atoms with Crippen LogP contribution in [-0.2, 0) is 0 Å². The van der Waals surface area contributed by atoms with Crippen LogP contribution in [0, 0.1) is 13.8 Å². The zero-order valence-corrected chi connectivity index (χ0v) is 14.9. The van der Waals surface area contributed by atoms with Gasteiger partial charge in [0.25, 0.3) is 11.8 Å². The Bertz CT molecular complexity index is 965. The number of carbonyl (C=O) groups excluding carboxylic acids is 2. The molecule has 0 radical (unpaired) electrons. The first-order valence-electron chi connectivity index (χ1n) is 7.67. The molecule has 1 aromatic carbocycles. The number of aromatic nitrogens is 3. The molecule has 0 atom stereocenters. The summed E-state index contributed by atoms with van der Waals surface area (Å²) in [6.45, 7) is 3.74. The number of para-hydroxylation sites is 1. The van der Waals surface area contributed by atoms with E-state index in [2.05, 4.69) is 25.6 Å². The normalized spacial score (nSPS) is 10.4. The Labute approximate surface area is 153 Å². The van der Waals surface area contributed by atoms with E-state index in [1.165, 1.54) is 11.3 Å². The summed E-state index contributed by atoms with van der Waals surface area (Å²) >= 11 is 1.25. The third-order valence-electron chi connectivity index (χ3n) is 3.38. The lowest BCUT2D eigenvalue weighted by molar-refractivity contribution is 0.100. The van der Waals surface area contributed by atoms with E-state index in [0.29, 0.717) is 16.8 Å². The number of hydrogen-bond donors (Lipinski definition) is 3. The highest BCUT2D eigenvalue weighted by molar-refractivity contribution is 7.14. The van der Waals surface area contributed by atoms with Gasteiger partial charge in [-0.15, -0.1) is 11.3 Å². The lowest BCUT2D eigenvalue weighted by Gasteiger charge is -2.07. The molecule has 132 valence electrons. The van der Waals surface area contributed by atoms with Crippen LogP contribution < -0.4 is 16.4 Å². The van der Waals surface area contributed by atoms with Crippen molar-refractivity contribution in [1.82, 2.24) is 15.0 Å². The van der Waals surface area contributed by atoms with Crippen molar-refractivity contribution in [3.8, 4) is 0 Å². The van der Waals surface area contributed by atoms with Crippen molar-refractivity contribution in [3.63, 3.8) is 0 Å². The zero-order chi connectivity index (χ0) is 18.7. The van der Waals surface area contributed by atoms with Gasteiger partial charge < -0.3 is 16.4 Å². The molecule has 0 saturated heterocycles. The molecule has 0 aliphatic rings. The predicted molar refractivity (Wildman–Crippen MR) is 99.8 cm³/mol. The fourth-order valence-corrected chi connectivity index (χ4v) is 2.99. The molecule has 4 N–H and O–H groups in total. The van der Waals surface area contributed by atoms with Gasteiger partial charge in [-0.1, -0.05) is 12.1 Å². The van der Waals surface area contributed by atoms with E-state index in [4.69, 9.17) is 5.73 Å². The van der Waals surface area contributed by atoms with Crippen molar-refractivity contribution in [2.75, 3.05) is 10.6 Å². The maximum atomic E-state index is 12.4. The minimum Gasteiger partial charge on any atom is -0.366 e. The molecule has 0 aliphatic carbocycles. The molecular weight excluding hydrogens is 352 g/mol. The summed E-state index contributed by atoms with van der Waals surface area (Å²) in [6.07, 6.45) is 0. The Kier molecular flexibility index (Phi) is 4.90. The fourth-order valence-electron chi connectivity index (χ4n) is 2.31. The molecule has 0 fully saturated rings. The number of amides is 2. The number of nitrogens with two attached hydrogens (primary N) is 1. The highest BCUT2D eigenvalue weighted by atomic mass is 32.1. The van der Waals surface area contributed by atoms with Gasteiger partial charge in [-0.05, 0) is 32.0 Å². The van der Waals surface area contributed by atoms with Crippen LogP contribution in [0.3, 0.4) is 0 Å². The van der Waals surface area contributed by atoms with E-state index in [0.717, 1.165) is 11.4 Å². The van der Waals surface area contributed by atoms with E-state index in [1.807, 2.05) is 19.9 Å². The van der Waals surface area contributed by atoms with Crippen molar-refractivity contribution in [1.29, 1.82) is 0 Å². The zero-order valence-electron chi connectivity index (χ0n) is 14.1. The molecule has 0 unspecified atom stereocenters. The van der Waals surface area contributed by atoms with Gasteiger partial charge in [-0.3, -0.25) is 9.59 Å². The van der Waals surface area contributed by atoms with Crippen LogP contribution >= 0.6 is 11.3 Å². The van der Waals surface area contributed by atoms with E-state index >= 15 is 0 Å². The number of nitrogens with zero attached hydrogens (tertiary/aromatic N) is 3. The van der Waals surface area contributed by atoms with Crippen LogP contribution in [-0.4, -0.2) is 26.8 Å². The number of anilines is 3. The molecule has 2 aromatic heterocycles. The van der Waals surface area contributed by atoms with Gasteiger partial charge in [0, 0.05) is 16.8 Å². The fraction of sp³-hybridized carbons (Fsp3) is 0.118. The number of benzene rings is 1. The number of primary amides is 1. The van der Waals surface area contributed by atoms with Crippen LogP contribution in [0.4, 0.5) is 16.8 Å². The van der Waals surface area contributed by atoms with Crippen LogP contribution in [0.15, 0.2) is 35.7 Å². The first kappa shape index (κ1) is 17.5. The molecule has 0 spiro atoms. The maximum absolute atomic E-state index is 12.4. The molecule has 0 saturated carbocycles. The number of thiazole rings is 1. The average molecular weight is 368 g/mol. The van der Waals surface area contributed by atoms with Crippen molar-refractivity contribution in [2.45, 2.75) is 13.8 Å². The number of aryl methyl sites for hydroxylation is 2. The standard InChI is InChI=1S/C17H16N6O2S/c1-9-7-10(2)20-16(19-9)23-17-22-13(8-26-17)15(25)21-12-6-4-3-5-11(12)14(18)24/h3-8H,1-2H3,(H2,18,24)(H,21,25)(H,19,20,22,23). The summed E-state index contributed by atoms with van der Waals surface area (Å²) in [4.78, 5) is 36.6. The lowest BCUT2D eigenvalue weighted by Crippen LogP contribution is -2.18. The van der Waals surface area contributed by atoms with Crippen molar-refractivity contribution in [3.05, 3.63) is 58.4 Å². The van der Waals surface area contributed by atoms with Gasteiger partial charge in [-0.2, -0.15) is 0 Å². The molecule has 2 amide bonds. The Morgan fingerprint density at radius 3 is 2.46 bits per heavy atom. The van der Waals surface area contributed by atoms with Gasteiger partial charge >= 0.3 is 0 Å². The van der Waals surface area contributed by atoms with E-state index < -0.39 is 11.8 Å². The van der Waals surface area contributed by atoms with Crippen LogP contribution in [0.2, 0.25) is 0 Å². The summed E-state index contributed by atoms with van der Waals surface area (Å²) in [5.41, 5.74) is 7.76. The summed E-state index contributed by atoms with van der Waals surface area (Å²) in [7, 11) is 0. The van der Waals surface area contributed by atoms with Crippen molar-refractivity contribution < 1.29 is 9.59 Å². The number of nitrogens with one attached hydrogen (secondary N) is 2. The van der Waals surface area contributed by atoms with Gasteiger partial charge in [0.1, 0.15) is 5.69 Å². The second-order valence-electron chi connectivity index (χ2n) is 5.50. The number of rotatable bonds is 5. The van der Waals surface area contributed by atoms with Gasteiger partial charge in [0.15, 0.2) is 5.13 Å². The first-order valence-corrected chi connectivity index (χ1v) is 8.55. The largest absolute Gasteiger partial charge is 0.366 e. The lowest BCUT2D eigenvalue weighted by atomic mass is 10.1. The SMILES string of the molecule is Cc1cc(C)nc(Nc2nc(C(=O)Nc3ccccc3C(N)=O)cs2)n1. The van der Waals surface area contributed by atoms with Crippen LogP contribution in [0.5, 0.6) is 0 Å². The molecule has 3 rings (SSSR count). The Morgan fingerprint density at radius 2 is 1.77 bits per heavy atom. The summed E-state index contributed by atoms with van der Waals surface area (Å²) in [5.74, 6) is -0.638. The number of hydrogen-bond acceptors (Lipinski definition) is 7. The molecule has 2 heterocycles. The summed E-state index contributed by atoms with van der Waals surface area (Å²) < 4.78 is 0. The quantitative estimate of drug-likeness (QED) is 0.636. The van der Waals surface area contributed by atoms with E-state index in [9.17, 15) is 9.59 Å². The Balaban J connectivity index is 1.75. The minimum atomic E-state index is -0.617. The first-order chi connectivity index (χ1) is 12.4. The van der Waals surface area contributed by atoms with Crippen LogP contribution in [0.1, 0.15) is 32.2 Å². The summed E-state index contributed by atoms with van der Waals surface area (Å²) in [5, 5.41) is 7.73. The average Bonchev–Trinajstić information content (AvgIpc) is 3.02.